The Bertz CT molecular complexity index is 750. The van der Waals surface area contributed by atoms with Crippen molar-refractivity contribution in [2.75, 3.05) is 5.32 Å². The van der Waals surface area contributed by atoms with Crippen LogP contribution in [0.1, 0.15) is 11.1 Å². The van der Waals surface area contributed by atoms with Gasteiger partial charge in [0.15, 0.2) is 0 Å². The largest absolute Gasteiger partial charge is 0.340 e. The van der Waals surface area contributed by atoms with Gasteiger partial charge in [0.1, 0.15) is 5.82 Å². The van der Waals surface area contributed by atoms with Gasteiger partial charge >= 0.3 is 0 Å². The SMILES string of the molecule is Cc1cc2ccccc2nc1Nc1cccc(CN)c1. The average Bonchev–Trinajstić information content (AvgIpc) is 2.48. The molecule has 0 fully saturated rings. The number of aromatic nitrogens is 1. The number of rotatable bonds is 3. The minimum absolute atomic E-state index is 0.541. The summed E-state index contributed by atoms with van der Waals surface area (Å²) in [6.07, 6.45) is 0. The molecule has 100 valence electrons. The van der Waals surface area contributed by atoms with E-state index in [1.807, 2.05) is 36.4 Å². The second kappa shape index (κ2) is 5.31. The maximum absolute atomic E-state index is 5.67. The van der Waals surface area contributed by atoms with Crippen molar-refractivity contribution in [3.63, 3.8) is 0 Å². The molecule has 0 saturated carbocycles. The first kappa shape index (κ1) is 12.6. The smallest absolute Gasteiger partial charge is 0.134 e. The molecule has 0 aliphatic carbocycles. The molecule has 0 aliphatic heterocycles. The maximum Gasteiger partial charge on any atom is 0.134 e. The van der Waals surface area contributed by atoms with Gasteiger partial charge in [-0.2, -0.15) is 0 Å². The van der Waals surface area contributed by atoms with Crippen LogP contribution in [0.2, 0.25) is 0 Å². The molecule has 0 atom stereocenters. The fourth-order valence-electron chi connectivity index (χ4n) is 2.26. The number of aryl methyl sites for hydroxylation is 1. The summed E-state index contributed by atoms with van der Waals surface area (Å²) in [4.78, 5) is 4.68. The van der Waals surface area contributed by atoms with Crippen molar-refractivity contribution in [3.8, 4) is 0 Å². The minimum Gasteiger partial charge on any atom is -0.340 e. The van der Waals surface area contributed by atoms with Gasteiger partial charge in [0.2, 0.25) is 0 Å². The van der Waals surface area contributed by atoms with Crippen molar-refractivity contribution in [2.24, 2.45) is 5.73 Å². The van der Waals surface area contributed by atoms with Crippen LogP contribution in [0.3, 0.4) is 0 Å². The number of hydrogen-bond donors (Lipinski definition) is 2. The van der Waals surface area contributed by atoms with E-state index in [-0.39, 0.29) is 0 Å². The van der Waals surface area contributed by atoms with Gasteiger partial charge in [0.05, 0.1) is 5.52 Å². The molecule has 0 saturated heterocycles. The van der Waals surface area contributed by atoms with E-state index in [0.29, 0.717) is 6.54 Å². The van der Waals surface area contributed by atoms with Gasteiger partial charge in [-0.3, -0.25) is 0 Å². The second-order valence-electron chi connectivity index (χ2n) is 4.88. The predicted molar refractivity (Wildman–Crippen MR) is 84.1 cm³/mol. The lowest BCUT2D eigenvalue weighted by Gasteiger charge is -2.11. The Morgan fingerprint density at radius 2 is 1.90 bits per heavy atom. The van der Waals surface area contributed by atoms with Crippen LogP contribution in [0, 0.1) is 6.92 Å². The molecule has 3 rings (SSSR count). The van der Waals surface area contributed by atoms with Crippen LogP contribution in [0.25, 0.3) is 10.9 Å². The van der Waals surface area contributed by atoms with Gasteiger partial charge in [0.25, 0.3) is 0 Å². The Kier molecular flexibility index (Phi) is 3.35. The van der Waals surface area contributed by atoms with E-state index in [1.165, 1.54) is 0 Å². The predicted octanol–water partition coefficient (Wildman–Crippen LogP) is 3.75. The summed E-state index contributed by atoms with van der Waals surface area (Å²) >= 11 is 0. The summed E-state index contributed by atoms with van der Waals surface area (Å²) in [5.74, 6) is 0.887. The number of nitrogens with two attached hydrogens (primary N) is 1. The zero-order chi connectivity index (χ0) is 13.9. The van der Waals surface area contributed by atoms with Crippen LogP contribution in [0.15, 0.2) is 54.6 Å². The first-order valence-corrected chi connectivity index (χ1v) is 6.69. The lowest BCUT2D eigenvalue weighted by molar-refractivity contribution is 1.07. The van der Waals surface area contributed by atoms with Gasteiger partial charge in [-0.1, -0.05) is 30.3 Å². The molecule has 0 unspecified atom stereocenters. The van der Waals surface area contributed by atoms with Crippen molar-refractivity contribution >= 4 is 22.4 Å². The molecule has 2 aromatic carbocycles. The molecule has 0 radical (unpaired) electrons. The quantitative estimate of drug-likeness (QED) is 0.756. The summed E-state index contributed by atoms with van der Waals surface area (Å²) in [6, 6.07) is 18.4. The van der Waals surface area contributed by atoms with Crippen molar-refractivity contribution in [1.29, 1.82) is 0 Å². The summed E-state index contributed by atoms with van der Waals surface area (Å²) in [5.41, 5.74) is 9.91. The number of fused-ring (bicyclic) bond motifs is 1. The fraction of sp³-hybridized carbons (Fsp3) is 0.118. The lowest BCUT2D eigenvalue weighted by atomic mass is 10.1. The molecule has 0 bridgehead atoms. The number of pyridine rings is 1. The first-order chi connectivity index (χ1) is 9.76. The molecular formula is C17H17N3. The number of hydrogen-bond acceptors (Lipinski definition) is 3. The summed E-state index contributed by atoms with van der Waals surface area (Å²) in [6.45, 7) is 2.61. The normalized spacial score (nSPS) is 10.7. The van der Waals surface area contributed by atoms with Gasteiger partial charge in [0, 0.05) is 17.6 Å². The third-order valence-corrected chi connectivity index (χ3v) is 3.34. The minimum atomic E-state index is 0.541. The molecule has 20 heavy (non-hydrogen) atoms. The average molecular weight is 263 g/mol. The number of nitrogens with one attached hydrogen (secondary N) is 1. The molecule has 3 aromatic rings. The van der Waals surface area contributed by atoms with E-state index >= 15 is 0 Å². The molecule has 3 N–H and O–H groups in total. The fourth-order valence-corrected chi connectivity index (χ4v) is 2.26. The third kappa shape index (κ3) is 2.49. The molecule has 0 amide bonds. The molecule has 0 aliphatic rings. The number of anilines is 2. The van der Waals surface area contributed by atoms with E-state index in [0.717, 1.165) is 33.5 Å². The first-order valence-electron chi connectivity index (χ1n) is 6.69. The maximum atomic E-state index is 5.67. The van der Waals surface area contributed by atoms with Crippen LogP contribution < -0.4 is 11.1 Å². The van der Waals surface area contributed by atoms with Crippen molar-refractivity contribution in [3.05, 3.63) is 65.7 Å². The van der Waals surface area contributed by atoms with Crippen molar-refractivity contribution < 1.29 is 0 Å². The van der Waals surface area contributed by atoms with E-state index < -0.39 is 0 Å². The van der Waals surface area contributed by atoms with E-state index in [4.69, 9.17) is 5.73 Å². The summed E-state index contributed by atoms with van der Waals surface area (Å²) in [7, 11) is 0. The highest BCUT2D eigenvalue weighted by Gasteiger charge is 2.04. The van der Waals surface area contributed by atoms with E-state index in [2.05, 4.69) is 35.4 Å². The Morgan fingerprint density at radius 1 is 1.05 bits per heavy atom. The van der Waals surface area contributed by atoms with Crippen molar-refractivity contribution in [2.45, 2.75) is 13.5 Å². The molecule has 1 aromatic heterocycles. The van der Waals surface area contributed by atoms with Gasteiger partial charge in [-0.05, 0) is 42.3 Å². The molecule has 1 heterocycles. The number of para-hydroxylation sites is 1. The monoisotopic (exact) mass is 263 g/mol. The Hall–Kier alpha value is -2.39. The second-order valence-corrected chi connectivity index (χ2v) is 4.88. The molecule has 0 spiro atoms. The zero-order valence-electron chi connectivity index (χ0n) is 11.4. The number of benzene rings is 2. The van der Waals surface area contributed by atoms with E-state index in [9.17, 15) is 0 Å². The lowest BCUT2D eigenvalue weighted by Crippen LogP contribution is -2.00. The molecule has 3 heteroatoms. The topological polar surface area (TPSA) is 50.9 Å². The van der Waals surface area contributed by atoms with Crippen LogP contribution in [0.4, 0.5) is 11.5 Å². The Morgan fingerprint density at radius 3 is 2.75 bits per heavy atom. The highest BCUT2D eigenvalue weighted by atomic mass is 15.0. The highest BCUT2D eigenvalue weighted by molar-refractivity contribution is 5.82. The van der Waals surface area contributed by atoms with E-state index in [1.54, 1.807) is 0 Å². The van der Waals surface area contributed by atoms with Crippen LogP contribution in [0.5, 0.6) is 0 Å². The van der Waals surface area contributed by atoms with Gasteiger partial charge in [-0.15, -0.1) is 0 Å². The van der Waals surface area contributed by atoms with Crippen molar-refractivity contribution in [1.82, 2.24) is 4.98 Å². The van der Waals surface area contributed by atoms with Crippen LogP contribution in [-0.4, -0.2) is 4.98 Å². The zero-order valence-corrected chi connectivity index (χ0v) is 11.4. The highest BCUT2D eigenvalue weighted by Crippen LogP contribution is 2.23. The van der Waals surface area contributed by atoms with Gasteiger partial charge < -0.3 is 11.1 Å². The Balaban J connectivity index is 1.99. The standard InChI is InChI=1S/C17H17N3/c1-12-9-14-6-2-3-8-16(14)20-17(12)19-15-7-4-5-13(10-15)11-18/h2-10H,11,18H2,1H3,(H,19,20). The Labute approximate surface area is 118 Å². The molecule has 3 nitrogen and oxygen atoms in total. The summed E-state index contributed by atoms with van der Waals surface area (Å²) in [5, 5.41) is 4.53. The number of nitrogens with zero attached hydrogens (tertiary/aromatic N) is 1. The van der Waals surface area contributed by atoms with Gasteiger partial charge in [-0.25, -0.2) is 4.98 Å². The summed E-state index contributed by atoms with van der Waals surface area (Å²) < 4.78 is 0. The van der Waals surface area contributed by atoms with Crippen LogP contribution in [-0.2, 0) is 6.54 Å². The van der Waals surface area contributed by atoms with Crippen LogP contribution >= 0.6 is 0 Å². The third-order valence-electron chi connectivity index (χ3n) is 3.34. The molecular weight excluding hydrogens is 246 g/mol.